The van der Waals surface area contributed by atoms with E-state index in [1.165, 1.54) is 0 Å². The van der Waals surface area contributed by atoms with Gasteiger partial charge in [-0.05, 0) is 36.5 Å². The van der Waals surface area contributed by atoms with Gasteiger partial charge in [-0.3, -0.25) is 9.36 Å². The maximum absolute atomic E-state index is 13.0. The number of carbonyl (C=O) groups is 1. The van der Waals surface area contributed by atoms with Crippen molar-refractivity contribution in [3.05, 3.63) is 71.3 Å². The third-order valence-corrected chi connectivity index (χ3v) is 4.70. The SMILES string of the molecule is CN(CC1COc2ccccc2O1)C(=O)c1c[nH]c(=S)n1-c1ccccc1. The molecule has 1 aliphatic heterocycles. The average Bonchev–Trinajstić information content (AvgIpc) is 3.09. The lowest BCUT2D eigenvalue weighted by Gasteiger charge is -2.29. The Balaban J connectivity index is 1.52. The van der Waals surface area contributed by atoms with Crippen LogP contribution < -0.4 is 9.47 Å². The Morgan fingerprint density at radius 1 is 1.19 bits per heavy atom. The maximum atomic E-state index is 13.0. The first-order valence-corrected chi connectivity index (χ1v) is 9.04. The molecule has 1 N–H and O–H groups in total. The van der Waals surface area contributed by atoms with Crippen molar-refractivity contribution in [2.24, 2.45) is 0 Å². The molecule has 0 spiro atoms. The summed E-state index contributed by atoms with van der Waals surface area (Å²) >= 11 is 5.36. The van der Waals surface area contributed by atoms with Crippen molar-refractivity contribution >= 4 is 18.1 Å². The second-order valence-electron chi connectivity index (χ2n) is 6.33. The van der Waals surface area contributed by atoms with Gasteiger partial charge in [-0.2, -0.15) is 0 Å². The van der Waals surface area contributed by atoms with Gasteiger partial charge in [0.15, 0.2) is 22.4 Å². The van der Waals surface area contributed by atoms with E-state index in [2.05, 4.69) is 4.98 Å². The molecule has 3 aromatic rings. The number of H-pyrrole nitrogens is 1. The lowest BCUT2D eigenvalue weighted by atomic mass is 10.2. The number of rotatable bonds is 4. The molecule has 1 aliphatic rings. The van der Waals surface area contributed by atoms with Gasteiger partial charge >= 0.3 is 0 Å². The largest absolute Gasteiger partial charge is 0.486 e. The minimum Gasteiger partial charge on any atom is -0.486 e. The molecule has 0 saturated carbocycles. The van der Waals surface area contributed by atoms with E-state index in [1.807, 2.05) is 54.6 Å². The van der Waals surface area contributed by atoms with E-state index < -0.39 is 0 Å². The van der Waals surface area contributed by atoms with Gasteiger partial charge in [0.2, 0.25) is 0 Å². The van der Waals surface area contributed by atoms with Crippen molar-refractivity contribution in [2.75, 3.05) is 20.2 Å². The summed E-state index contributed by atoms with van der Waals surface area (Å²) in [6, 6.07) is 17.1. The third kappa shape index (κ3) is 3.46. The monoisotopic (exact) mass is 381 g/mol. The van der Waals surface area contributed by atoms with Crippen LogP contribution in [0.2, 0.25) is 0 Å². The molecule has 7 heteroatoms. The zero-order valence-corrected chi connectivity index (χ0v) is 15.6. The molecule has 1 amide bonds. The average molecular weight is 381 g/mol. The Morgan fingerprint density at radius 2 is 1.89 bits per heavy atom. The van der Waals surface area contributed by atoms with Crippen LogP contribution in [0, 0.1) is 4.77 Å². The van der Waals surface area contributed by atoms with Crippen LogP contribution >= 0.6 is 12.2 Å². The summed E-state index contributed by atoms with van der Waals surface area (Å²) in [5.74, 6) is 1.28. The molecule has 0 bridgehead atoms. The van der Waals surface area contributed by atoms with E-state index in [-0.39, 0.29) is 12.0 Å². The van der Waals surface area contributed by atoms with Crippen molar-refractivity contribution in [2.45, 2.75) is 6.10 Å². The fourth-order valence-electron chi connectivity index (χ4n) is 3.10. The molecule has 138 valence electrons. The molecule has 1 aromatic heterocycles. The highest BCUT2D eigenvalue weighted by molar-refractivity contribution is 7.71. The number of hydrogen-bond donors (Lipinski definition) is 1. The molecule has 0 aliphatic carbocycles. The molecular formula is C20H19N3O3S. The van der Waals surface area contributed by atoms with Crippen molar-refractivity contribution < 1.29 is 14.3 Å². The summed E-state index contributed by atoms with van der Waals surface area (Å²) in [7, 11) is 1.75. The van der Waals surface area contributed by atoms with E-state index in [9.17, 15) is 4.79 Å². The van der Waals surface area contributed by atoms with Crippen LogP contribution in [0.25, 0.3) is 5.69 Å². The van der Waals surface area contributed by atoms with Crippen LogP contribution in [0.3, 0.4) is 0 Å². The molecule has 0 radical (unpaired) electrons. The Kier molecular flexibility index (Phi) is 4.68. The molecule has 2 aromatic carbocycles. The highest BCUT2D eigenvalue weighted by atomic mass is 32.1. The number of imidazole rings is 1. The van der Waals surface area contributed by atoms with E-state index in [1.54, 1.807) is 22.7 Å². The number of aromatic amines is 1. The number of para-hydroxylation sites is 3. The Morgan fingerprint density at radius 3 is 2.67 bits per heavy atom. The Labute approximate surface area is 162 Å². The van der Waals surface area contributed by atoms with E-state index >= 15 is 0 Å². The van der Waals surface area contributed by atoms with Gasteiger partial charge in [-0.1, -0.05) is 30.3 Å². The van der Waals surface area contributed by atoms with Gasteiger partial charge in [0.25, 0.3) is 5.91 Å². The summed E-state index contributed by atoms with van der Waals surface area (Å²) < 4.78 is 13.9. The molecule has 0 saturated heterocycles. The van der Waals surface area contributed by atoms with Gasteiger partial charge in [0.1, 0.15) is 12.3 Å². The fourth-order valence-corrected chi connectivity index (χ4v) is 3.36. The van der Waals surface area contributed by atoms with Crippen LogP contribution in [0.15, 0.2) is 60.8 Å². The smallest absolute Gasteiger partial charge is 0.272 e. The minimum absolute atomic E-state index is 0.145. The number of nitrogens with one attached hydrogen (secondary N) is 1. The summed E-state index contributed by atoms with van der Waals surface area (Å²) in [6.45, 7) is 0.798. The highest BCUT2D eigenvalue weighted by Crippen LogP contribution is 2.31. The Hall–Kier alpha value is -3.06. The van der Waals surface area contributed by atoms with Crippen LogP contribution in [0.1, 0.15) is 10.5 Å². The lowest BCUT2D eigenvalue weighted by molar-refractivity contribution is 0.0516. The Bertz CT molecular complexity index is 1010. The highest BCUT2D eigenvalue weighted by Gasteiger charge is 2.25. The summed E-state index contributed by atoms with van der Waals surface area (Å²) in [5.41, 5.74) is 1.32. The second-order valence-corrected chi connectivity index (χ2v) is 6.72. The first-order chi connectivity index (χ1) is 13.1. The van der Waals surface area contributed by atoms with E-state index in [4.69, 9.17) is 21.7 Å². The molecule has 1 atom stereocenters. The molecule has 27 heavy (non-hydrogen) atoms. The van der Waals surface area contributed by atoms with Gasteiger partial charge < -0.3 is 19.4 Å². The van der Waals surface area contributed by atoms with Crippen molar-refractivity contribution in [1.29, 1.82) is 0 Å². The number of ether oxygens (including phenoxy) is 2. The summed E-state index contributed by atoms with van der Waals surface area (Å²) in [6.07, 6.45) is 1.41. The van der Waals surface area contributed by atoms with Crippen molar-refractivity contribution in [1.82, 2.24) is 14.5 Å². The predicted molar refractivity (Wildman–Crippen MR) is 104 cm³/mol. The molecule has 0 fully saturated rings. The number of benzene rings is 2. The summed E-state index contributed by atoms with van der Waals surface area (Å²) in [4.78, 5) is 17.6. The van der Waals surface area contributed by atoms with Crippen molar-refractivity contribution in [3.8, 4) is 17.2 Å². The molecule has 4 rings (SSSR count). The van der Waals surface area contributed by atoms with Crippen LogP contribution in [0.4, 0.5) is 0 Å². The standard InChI is InChI=1S/C20H19N3O3S/c1-22(12-15-13-25-17-9-5-6-10-18(17)26-15)19(24)16-11-21-20(27)23(16)14-7-3-2-4-8-14/h2-11,15H,12-13H2,1H3,(H,21,27). The fraction of sp³-hybridized carbons (Fsp3) is 0.200. The molecule has 6 nitrogen and oxygen atoms in total. The van der Waals surface area contributed by atoms with Gasteiger partial charge in [-0.15, -0.1) is 0 Å². The first-order valence-electron chi connectivity index (χ1n) is 8.63. The van der Waals surface area contributed by atoms with Crippen LogP contribution in [0.5, 0.6) is 11.5 Å². The number of hydrogen-bond acceptors (Lipinski definition) is 4. The van der Waals surface area contributed by atoms with E-state index in [0.717, 1.165) is 11.4 Å². The van der Waals surface area contributed by atoms with Crippen LogP contribution in [-0.2, 0) is 0 Å². The normalized spacial score (nSPS) is 15.4. The number of amides is 1. The number of likely N-dealkylation sites (N-methyl/N-ethyl adjacent to an activating group) is 1. The first kappa shape index (κ1) is 17.4. The lowest BCUT2D eigenvalue weighted by Crippen LogP contribution is -2.42. The second kappa shape index (κ2) is 7.28. The zero-order chi connectivity index (χ0) is 18.8. The molecule has 1 unspecified atom stereocenters. The third-order valence-electron chi connectivity index (χ3n) is 4.40. The number of fused-ring (bicyclic) bond motifs is 1. The quantitative estimate of drug-likeness (QED) is 0.704. The molecule has 2 heterocycles. The van der Waals surface area contributed by atoms with Gasteiger partial charge in [0, 0.05) is 18.9 Å². The number of nitrogens with zero attached hydrogens (tertiary/aromatic N) is 2. The van der Waals surface area contributed by atoms with Crippen LogP contribution in [-0.4, -0.2) is 46.7 Å². The molecular weight excluding hydrogens is 362 g/mol. The number of aromatic nitrogens is 2. The van der Waals surface area contributed by atoms with E-state index in [0.29, 0.717) is 29.4 Å². The van der Waals surface area contributed by atoms with Crippen molar-refractivity contribution in [3.63, 3.8) is 0 Å². The maximum Gasteiger partial charge on any atom is 0.272 e. The zero-order valence-electron chi connectivity index (χ0n) is 14.8. The number of carbonyl (C=O) groups excluding carboxylic acids is 1. The topological polar surface area (TPSA) is 59.5 Å². The van der Waals surface area contributed by atoms with Gasteiger partial charge in [-0.25, -0.2) is 0 Å². The summed E-state index contributed by atoms with van der Waals surface area (Å²) in [5, 5.41) is 0. The van der Waals surface area contributed by atoms with Gasteiger partial charge in [0.05, 0.1) is 6.54 Å². The predicted octanol–water partition coefficient (Wildman–Crippen LogP) is 3.45. The minimum atomic E-state index is -0.235.